The summed E-state index contributed by atoms with van der Waals surface area (Å²) in [6.07, 6.45) is 2.54. The molecule has 0 atom stereocenters. The van der Waals surface area contributed by atoms with Crippen LogP contribution >= 0.6 is 0 Å². The second kappa shape index (κ2) is 8.37. The standard InChI is InChI=1S/C19H25N3O3/c1-13(2)7-8-25-16-6-5-15(11-17(16)24-4)12-21-22-18(20)9-14(3)10-19(22)23/h5-6,9-13H,7-8,20H2,1-4H3. The second-order valence-corrected chi connectivity index (χ2v) is 6.29. The largest absolute Gasteiger partial charge is 0.493 e. The smallest absolute Gasteiger partial charge is 0.273 e. The Morgan fingerprint density at radius 2 is 2.00 bits per heavy atom. The van der Waals surface area contributed by atoms with Crippen LogP contribution in [0.2, 0.25) is 0 Å². The number of pyridine rings is 1. The lowest BCUT2D eigenvalue weighted by Crippen LogP contribution is -2.19. The van der Waals surface area contributed by atoms with Crippen LogP contribution in [0.25, 0.3) is 0 Å². The first-order chi connectivity index (χ1) is 11.9. The molecule has 0 aliphatic rings. The molecule has 1 heterocycles. The summed E-state index contributed by atoms with van der Waals surface area (Å²) < 4.78 is 12.3. The minimum atomic E-state index is -0.269. The van der Waals surface area contributed by atoms with Crippen molar-refractivity contribution in [1.82, 2.24) is 4.68 Å². The number of methoxy groups -OCH3 is 1. The molecule has 134 valence electrons. The van der Waals surface area contributed by atoms with Crippen LogP contribution in [0.3, 0.4) is 0 Å². The fourth-order valence-electron chi connectivity index (χ4n) is 2.26. The third-order valence-corrected chi connectivity index (χ3v) is 3.64. The van der Waals surface area contributed by atoms with Gasteiger partial charge in [0.15, 0.2) is 11.5 Å². The van der Waals surface area contributed by atoms with Crippen molar-refractivity contribution in [3.8, 4) is 11.5 Å². The molecule has 0 fully saturated rings. The van der Waals surface area contributed by atoms with Gasteiger partial charge >= 0.3 is 0 Å². The maximum absolute atomic E-state index is 12.0. The zero-order chi connectivity index (χ0) is 18.4. The lowest BCUT2D eigenvalue weighted by atomic mass is 10.1. The summed E-state index contributed by atoms with van der Waals surface area (Å²) >= 11 is 0. The van der Waals surface area contributed by atoms with Crippen molar-refractivity contribution in [2.75, 3.05) is 19.5 Å². The molecule has 0 unspecified atom stereocenters. The van der Waals surface area contributed by atoms with Crippen LogP contribution in [0.5, 0.6) is 11.5 Å². The molecule has 1 aromatic heterocycles. The van der Waals surface area contributed by atoms with Gasteiger partial charge in [0.2, 0.25) is 0 Å². The molecule has 0 amide bonds. The normalized spacial score (nSPS) is 11.2. The number of nitrogen functional groups attached to an aromatic ring is 1. The zero-order valence-corrected chi connectivity index (χ0v) is 15.2. The number of nitrogens with two attached hydrogens (primary N) is 1. The molecule has 0 saturated carbocycles. The van der Waals surface area contributed by atoms with Gasteiger partial charge in [0.25, 0.3) is 5.56 Å². The lowest BCUT2D eigenvalue weighted by Gasteiger charge is -2.12. The molecule has 0 bridgehead atoms. The Labute approximate surface area is 147 Å². The van der Waals surface area contributed by atoms with Gasteiger partial charge in [0, 0.05) is 6.07 Å². The Morgan fingerprint density at radius 1 is 1.24 bits per heavy atom. The van der Waals surface area contributed by atoms with E-state index in [-0.39, 0.29) is 5.56 Å². The van der Waals surface area contributed by atoms with Crippen molar-refractivity contribution in [1.29, 1.82) is 0 Å². The van der Waals surface area contributed by atoms with Crippen LogP contribution in [-0.2, 0) is 0 Å². The van der Waals surface area contributed by atoms with Crippen LogP contribution in [0.15, 0.2) is 40.2 Å². The monoisotopic (exact) mass is 343 g/mol. The van der Waals surface area contributed by atoms with Crippen molar-refractivity contribution in [3.05, 3.63) is 51.8 Å². The van der Waals surface area contributed by atoms with Gasteiger partial charge in [-0.25, -0.2) is 0 Å². The number of aryl methyl sites for hydroxylation is 1. The quantitative estimate of drug-likeness (QED) is 0.784. The maximum Gasteiger partial charge on any atom is 0.273 e. The molecular weight excluding hydrogens is 318 g/mol. The maximum atomic E-state index is 12.0. The van der Waals surface area contributed by atoms with E-state index in [0.717, 1.165) is 22.2 Å². The van der Waals surface area contributed by atoms with Gasteiger partial charge in [-0.2, -0.15) is 9.78 Å². The van der Waals surface area contributed by atoms with E-state index in [9.17, 15) is 4.79 Å². The van der Waals surface area contributed by atoms with Crippen LogP contribution in [0.1, 0.15) is 31.4 Å². The highest BCUT2D eigenvalue weighted by atomic mass is 16.5. The average molecular weight is 343 g/mol. The summed E-state index contributed by atoms with van der Waals surface area (Å²) in [5.41, 5.74) is 7.16. The van der Waals surface area contributed by atoms with Crippen LogP contribution in [0, 0.1) is 12.8 Å². The molecular formula is C19H25N3O3. The first-order valence-corrected chi connectivity index (χ1v) is 8.25. The summed E-state index contributed by atoms with van der Waals surface area (Å²) in [6.45, 7) is 6.75. The molecule has 0 spiro atoms. The van der Waals surface area contributed by atoms with Crippen molar-refractivity contribution >= 4 is 12.0 Å². The molecule has 0 radical (unpaired) electrons. The summed E-state index contributed by atoms with van der Waals surface area (Å²) in [5.74, 6) is 2.18. The Hall–Kier alpha value is -2.76. The van der Waals surface area contributed by atoms with Crippen molar-refractivity contribution in [2.45, 2.75) is 27.2 Å². The minimum absolute atomic E-state index is 0.269. The van der Waals surface area contributed by atoms with E-state index in [1.54, 1.807) is 19.4 Å². The van der Waals surface area contributed by atoms with Gasteiger partial charge in [-0.15, -0.1) is 0 Å². The van der Waals surface area contributed by atoms with Crippen molar-refractivity contribution in [2.24, 2.45) is 11.0 Å². The van der Waals surface area contributed by atoms with Gasteiger partial charge in [-0.3, -0.25) is 4.79 Å². The summed E-state index contributed by atoms with van der Waals surface area (Å²) in [5, 5.41) is 4.16. The number of aromatic nitrogens is 1. The average Bonchev–Trinajstić information content (AvgIpc) is 2.54. The van der Waals surface area contributed by atoms with E-state index in [1.165, 1.54) is 6.07 Å². The summed E-state index contributed by atoms with van der Waals surface area (Å²) in [4.78, 5) is 12.0. The number of hydrogen-bond donors (Lipinski definition) is 1. The van der Waals surface area contributed by atoms with Gasteiger partial charge in [0.1, 0.15) is 5.82 Å². The number of nitrogens with zero attached hydrogens (tertiary/aromatic N) is 2. The molecule has 0 aliphatic carbocycles. The first kappa shape index (κ1) is 18.6. The number of benzene rings is 1. The summed E-state index contributed by atoms with van der Waals surface area (Å²) in [6, 6.07) is 8.68. The van der Waals surface area contributed by atoms with Gasteiger partial charge in [0.05, 0.1) is 19.9 Å². The molecule has 0 saturated heterocycles. The molecule has 1 aromatic carbocycles. The SMILES string of the molecule is COc1cc(C=Nn2c(N)cc(C)cc2=O)ccc1OCCC(C)C. The minimum Gasteiger partial charge on any atom is -0.493 e. The third kappa shape index (κ3) is 5.11. The first-order valence-electron chi connectivity index (χ1n) is 8.25. The highest BCUT2D eigenvalue weighted by molar-refractivity contribution is 5.81. The van der Waals surface area contributed by atoms with Crippen LogP contribution in [-0.4, -0.2) is 24.6 Å². The molecule has 25 heavy (non-hydrogen) atoms. The number of hydrogen-bond acceptors (Lipinski definition) is 5. The van der Waals surface area contributed by atoms with E-state index < -0.39 is 0 Å². The predicted octanol–water partition coefficient (Wildman–Crippen LogP) is 3.05. The van der Waals surface area contributed by atoms with Crippen molar-refractivity contribution < 1.29 is 9.47 Å². The molecule has 2 aromatic rings. The van der Waals surface area contributed by atoms with E-state index in [1.807, 2.05) is 25.1 Å². The Balaban J connectivity index is 2.19. The topological polar surface area (TPSA) is 78.8 Å². The fraction of sp³-hybridized carbons (Fsp3) is 0.368. The van der Waals surface area contributed by atoms with Crippen LogP contribution in [0.4, 0.5) is 5.82 Å². The highest BCUT2D eigenvalue weighted by Gasteiger charge is 2.06. The van der Waals surface area contributed by atoms with E-state index in [2.05, 4.69) is 18.9 Å². The van der Waals surface area contributed by atoms with Gasteiger partial charge in [-0.05, 0) is 54.7 Å². The van der Waals surface area contributed by atoms with Crippen molar-refractivity contribution in [3.63, 3.8) is 0 Å². The Kier molecular flexibility index (Phi) is 6.22. The molecule has 2 N–H and O–H groups in total. The van der Waals surface area contributed by atoms with Gasteiger partial charge < -0.3 is 15.2 Å². The zero-order valence-electron chi connectivity index (χ0n) is 15.2. The number of anilines is 1. The lowest BCUT2D eigenvalue weighted by molar-refractivity contribution is 0.273. The Morgan fingerprint density at radius 3 is 2.64 bits per heavy atom. The number of rotatable bonds is 7. The van der Waals surface area contributed by atoms with E-state index in [4.69, 9.17) is 15.2 Å². The van der Waals surface area contributed by atoms with E-state index in [0.29, 0.717) is 29.8 Å². The molecule has 0 aliphatic heterocycles. The summed E-state index contributed by atoms with van der Waals surface area (Å²) in [7, 11) is 1.59. The fourth-order valence-corrected chi connectivity index (χ4v) is 2.26. The molecule has 6 heteroatoms. The number of ether oxygens (including phenoxy) is 2. The van der Waals surface area contributed by atoms with E-state index >= 15 is 0 Å². The Bertz CT molecular complexity index is 810. The second-order valence-electron chi connectivity index (χ2n) is 6.29. The molecule has 6 nitrogen and oxygen atoms in total. The highest BCUT2D eigenvalue weighted by Crippen LogP contribution is 2.28. The predicted molar refractivity (Wildman–Crippen MR) is 101 cm³/mol. The molecule has 2 rings (SSSR count). The third-order valence-electron chi connectivity index (χ3n) is 3.64. The van der Waals surface area contributed by atoms with Gasteiger partial charge in [-0.1, -0.05) is 13.8 Å². The van der Waals surface area contributed by atoms with Crippen LogP contribution < -0.4 is 20.8 Å².